The second kappa shape index (κ2) is 4.85. The molecule has 2 fully saturated rings. The van der Waals surface area contributed by atoms with Gasteiger partial charge in [0.15, 0.2) is 0 Å². The fourth-order valence-corrected chi connectivity index (χ4v) is 4.01. The quantitative estimate of drug-likeness (QED) is 0.922. The number of rotatable bonds is 4. The molecule has 1 saturated carbocycles. The third-order valence-corrected chi connectivity index (χ3v) is 6.08. The van der Waals surface area contributed by atoms with Crippen LogP contribution in [0.5, 0.6) is 0 Å². The minimum absolute atomic E-state index is 0.0766. The average molecular weight is 292 g/mol. The monoisotopic (exact) mass is 292 g/mol. The Labute approximate surface area is 125 Å². The molecule has 20 heavy (non-hydrogen) atoms. The van der Waals surface area contributed by atoms with Gasteiger partial charge in [0, 0.05) is 15.8 Å². The Bertz CT molecular complexity index is 520. The molecule has 0 bridgehead atoms. The van der Waals surface area contributed by atoms with Crippen LogP contribution < -0.4 is 5.32 Å². The summed E-state index contributed by atoms with van der Waals surface area (Å²) in [6.07, 6.45) is 3.17. The molecule has 1 amide bonds. The maximum Gasteiger partial charge on any atom is 0.244 e. The van der Waals surface area contributed by atoms with E-state index in [1.807, 2.05) is 0 Å². The van der Waals surface area contributed by atoms with Gasteiger partial charge in [-0.25, -0.2) is 0 Å². The first-order valence-corrected chi connectivity index (χ1v) is 8.47. The van der Waals surface area contributed by atoms with Gasteiger partial charge >= 0.3 is 0 Å². The van der Waals surface area contributed by atoms with E-state index in [0.717, 1.165) is 19.3 Å². The molecule has 1 saturated heterocycles. The molecule has 1 N–H and O–H groups in total. The van der Waals surface area contributed by atoms with E-state index in [-0.39, 0.29) is 17.7 Å². The van der Waals surface area contributed by atoms with Gasteiger partial charge in [-0.1, -0.05) is 20.3 Å². The molecular formula is C16H24N2OS. The Morgan fingerprint density at radius 3 is 2.65 bits per heavy atom. The van der Waals surface area contributed by atoms with Crippen molar-refractivity contribution in [2.45, 2.75) is 64.7 Å². The van der Waals surface area contributed by atoms with Gasteiger partial charge in [-0.05, 0) is 44.7 Å². The Morgan fingerprint density at radius 1 is 1.45 bits per heavy atom. The summed E-state index contributed by atoms with van der Waals surface area (Å²) >= 11 is 1.80. The predicted molar refractivity (Wildman–Crippen MR) is 82.7 cm³/mol. The van der Waals surface area contributed by atoms with E-state index in [1.165, 1.54) is 9.75 Å². The SMILES string of the molecule is CCC(C)C(C)N1C(=O)C2(CC2)NC1c1ccc(C)s1. The third kappa shape index (κ3) is 2.09. The number of hydrogen-bond donors (Lipinski definition) is 1. The summed E-state index contributed by atoms with van der Waals surface area (Å²) in [6.45, 7) is 8.77. The molecule has 1 aromatic rings. The lowest BCUT2D eigenvalue weighted by Gasteiger charge is -2.33. The minimum atomic E-state index is -0.232. The Morgan fingerprint density at radius 2 is 2.15 bits per heavy atom. The zero-order valence-electron chi connectivity index (χ0n) is 12.8. The Hall–Kier alpha value is -0.870. The molecule has 0 aromatic carbocycles. The highest BCUT2D eigenvalue weighted by Crippen LogP contribution is 2.48. The largest absolute Gasteiger partial charge is 0.317 e. The molecule has 3 rings (SSSR count). The molecule has 3 atom stereocenters. The van der Waals surface area contributed by atoms with Crippen molar-refractivity contribution < 1.29 is 4.79 Å². The van der Waals surface area contributed by atoms with Crippen LogP contribution in [0.25, 0.3) is 0 Å². The van der Waals surface area contributed by atoms with Gasteiger partial charge in [-0.15, -0.1) is 11.3 Å². The molecule has 4 heteroatoms. The summed E-state index contributed by atoms with van der Waals surface area (Å²) in [7, 11) is 0. The van der Waals surface area contributed by atoms with E-state index < -0.39 is 0 Å². The van der Waals surface area contributed by atoms with Gasteiger partial charge in [0.25, 0.3) is 0 Å². The van der Waals surface area contributed by atoms with Crippen molar-refractivity contribution in [3.8, 4) is 0 Å². The van der Waals surface area contributed by atoms with E-state index in [1.54, 1.807) is 11.3 Å². The van der Waals surface area contributed by atoms with E-state index in [4.69, 9.17) is 0 Å². The highest BCUT2D eigenvalue weighted by atomic mass is 32.1. The molecule has 1 aliphatic heterocycles. The number of carbonyl (C=O) groups is 1. The molecule has 1 aliphatic carbocycles. The first kappa shape index (κ1) is 14.1. The normalized spacial score (nSPS) is 27.1. The number of aryl methyl sites for hydroxylation is 1. The highest BCUT2D eigenvalue weighted by molar-refractivity contribution is 7.12. The lowest BCUT2D eigenvalue weighted by molar-refractivity contribution is -0.133. The molecule has 110 valence electrons. The van der Waals surface area contributed by atoms with Gasteiger partial charge in [0.05, 0.1) is 0 Å². The standard InChI is InChI=1S/C16H24N2OS/c1-5-10(2)12(4)18-14(13-7-6-11(3)20-13)17-16(8-9-16)15(18)19/h6-7,10,12,14,17H,5,8-9H2,1-4H3. The summed E-state index contributed by atoms with van der Waals surface area (Å²) < 4.78 is 0. The van der Waals surface area contributed by atoms with Crippen molar-refractivity contribution >= 4 is 17.2 Å². The molecule has 3 unspecified atom stereocenters. The van der Waals surface area contributed by atoms with Crippen LogP contribution >= 0.6 is 11.3 Å². The van der Waals surface area contributed by atoms with Gasteiger partial charge < -0.3 is 4.90 Å². The summed E-state index contributed by atoms with van der Waals surface area (Å²) in [5, 5.41) is 3.62. The summed E-state index contributed by atoms with van der Waals surface area (Å²) in [5.41, 5.74) is -0.232. The van der Waals surface area contributed by atoms with Crippen LogP contribution in [0.2, 0.25) is 0 Å². The first-order chi connectivity index (χ1) is 9.48. The van der Waals surface area contributed by atoms with Crippen molar-refractivity contribution in [3.63, 3.8) is 0 Å². The molecular weight excluding hydrogens is 268 g/mol. The lowest BCUT2D eigenvalue weighted by atomic mass is 9.98. The van der Waals surface area contributed by atoms with Crippen molar-refractivity contribution in [3.05, 3.63) is 21.9 Å². The Kier molecular flexibility index (Phi) is 3.41. The molecule has 2 aliphatic rings. The topological polar surface area (TPSA) is 32.3 Å². The van der Waals surface area contributed by atoms with Crippen molar-refractivity contribution in [1.82, 2.24) is 10.2 Å². The van der Waals surface area contributed by atoms with Gasteiger partial charge in [-0.3, -0.25) is 10.1 Å². The number of amides is 1. The van der Waals surface area contributed by atoms with Gasteiger partial charge in [0.1, 0.15) is 11.7 Å². The van der Waals surface area contributed by atoms with Gasteiger partial charge in [0.2, 0.25) is 5.91 Å². The second-order valence-corrected chi connectivity index (χ2v) is 7.74. The Balaban J connectivity index is 1.92. The zero-order chi connectivity index (χ0) is 14.5. The number of nitrogens with zero attached hydrogens (tertiary/aromatic N) is 1. The smallest absolute Gasteiger partial charge is 0.244 e. The van der Waals surface area contributed by atoms with Gasteiger partial charge in [-0.2, -0.15) is 0 Å². The summed E-state index contributed by atoms with van der Waals surface area (Å²) in [5.74, 6) is 0.847. The van der Waals surface area contributed by atoms with Crippen molar-refractivity contribution in [2.24, 2.45) is 5.92 Å². The molecule has 1 aromatic heterocycles. The number of thiophene rings is 1. The van der Waals surface area contributed by atoms with E-state index in [9.17, 15) is 4.79 Å². The first-order valence-electron chi connectivity index (χ1n) is 7.65. The molecule has 2 heterocycles. The van der Waals surface area contributed by atoms with Crippen LogP contribution in [0.15, 0.2) is 12.1 Å². The van der Waals surface area contributed by atoms with Crippen LogP contribution in [0.1, 0.15) is 56.0 Å². The average Bonchev–Trinajstić information content (AvgIpc) is 3.00. The fourth-order valence-electron chi connectivity index (χ4n) is 3.08. The van der Waals surface area contributed by atoms with Crippen molar-refractivity contribution in [2.75, 3.05) is 0 Å². The molecule has 3 nitrogen and oxygen atoms in total. The van der Waals surface area contributed by atoms with Crippen molar-refractivity contribution in [1.29, 1.82) is 0 Å². The highest BCUT2D eigenvalue weighted by Gasteiger charge is 2.60. The molecule has 1 spiro atoms. The minimum Gasteiger partial charge on any atom is -0.317 e. The second-order valence-electron chi connectivity index (χ2n) is 6.42. The maximum absolute atomic E-state index is 12.8. The van der Waals surface area contributed by atoms with E-state index in [2.05, 4.69) is 50.0 Å². The third-order valence-electron chi connectivity index (χ3n) is 5.02. The molecule has 0 radical (unpaired) electrons. The predicted octanol–water partition coefficient (Wildman–Crippen LogP) is 3.45. The van der Waals surface area contributed by atoms with E-state index in [0.29, 0.717) is 11.8 Å². The summed E-state index contributed by atoms with van der Waals surface area (Å²) in [6, 6.07) is 4.60. The summed E-state index contributed by atoms with van der Waals surface area (Å²) in [4.78, 5) is 17.5. The zero-order valence-corrected chi connectivity index (χ0v) is 13.6. The lowest BCUT2D eigenvalue weighted by Crippen LogP contribution is -2.42. The van der Waals surface area contributed by atoms with E-state index >= 15 is 0 Å². The fraction of sp³-hybridized carbons (Fsp3) is 0.688. The van der Waals surface area contributed by atoms with Crippen LogP contribution in [-0.2, 0) is 4.79 Å². The van der Waals surface area contributed by atoms with Crippen LogP contribution in [0, 0.1) is 12.8 Å². The van der Waals surface area contributed by atoms with Crippen LogP contribution in [0.4, 0.5) is 0 Å². The number of hydrogen-bond acceptors (Lipinski definition) is 3. The van der Waals surface area contributed by atoms with Crippen LogP contribution in [-0.4, -0.2) is 22.4 Å². The van der Waals surface area contributed by atoms with Crippen LogP contribution in [0.3, 0.4) is 0 Å². The maximum atomic E-state index is 12.8. The number of carbonyl (C=O) groups excluding carboxylic acids is 1. The number of nitrogens with one attached hydrogen (secondary N) is 1.